The number of amides is 1. The van der Waals surface area contributed by atoms with Crippen LogP contribution in [0.5, 0.6) is 0 Å². The Balaban J connectivity index is 1.92. The van der Waals surface area contributed by atoms with E-state index < -0.39 is 0 Å². The number of nitrogens with one attached hydrogen (secondary N) is 1. The van der Waals surface area contributed by atoms with E-state index in [-0.39, 0.29) is 12.5 Å². The van der Waals surface area contributed by atoms with Gasteiger partial charge in [0.2, 0.25) is 0 Å². The number of benzene rings is 1. The molecule has 1 amide bonds. The molecule has 0 bridgehead atoms. The summed E-state index contributed by atoms with van der Waals surface area (Å²) < 4.78 is 0. The molecule has 0 aliphatic heterocycles. The number of hydrogen-bond donors (Lipinski definition) is 2. The Labute approximate surface area is 123 Å². The predicted molar refractivity (Wildman–Crippen MR) is 78.2 cm³/mol. The summed E-state index contributed by atoms with van der Waals surface area (Å²) in [6.45, 7) is 0.413. The van der Waals surface area contributed by atoms with Gasteiger partial charge in [0.25, 0.3) is 5.91 Å². The van der Waals surface area contributed by atoms with Gasteiger partial charge in [0, 0.05) is 23.7 Å². The van der Waals surface area contributed by atoms with Gasteiger partial charge in [-0.25, -0.2) is 9.97 Å². The molecule has 0 aliphatic rings. The van der Waals surface area contributed by atoms with E-state index in [1.165, 1.54) is 6.33 Å². The molecular formula is C16H15N3O2. The molecule has 106 valence electrons. The quantitative estimate of drug-likeness (QED) is 0.824. The SMILES string of the molecule is O=C(NCc1ccncn1)c1ccc(C#CCCO)cc1. The molecule has 0 radical (unpaired) electrons. The normalized spacial score (nSPS) is 9.57. The van der Waals surface area contributed by atoms with Gasteiger partial charge in [0.05, 0.1) is 18.8 Å². The predicted octanol–water partition coefficient (Wildman–Crippen LogP) is 1.14. The average molecular weight is 281 g/mol. The van der Waals surface area contributed by atoms with Gasteiger partial charge in [-0.3, -0.25) is 4.79 Å². The van der Waals surface area contributed by atoms with Gasteiger partial charge in [-0.05, 0) is 30.3 Å². The number of carbonyl (C=O) groups is 1. The fraction of sp³-hybridized carbons (Fsp3) is 0.188. The topological polar surface area (TPSA) is 75.1 Å². The number of nitrogens with zero attached hydrogens (tertiary/aromatic N) is 2. The van der Waals surface area contributed by atoms with Crippen molar-refractivity contribution in [2.75, 3.05) is 6.61 Å². The van der Waals surface area contributed by atoms with Crippen LogP contribution in [0.2, 0.25) is 0 Å². The molecule has 1 heterocycles. The second-order valence-corrected chi connectivity index (χ2v) is 4.24. The van der Waals surface area contributed by atoms with Crippen molar-refractivity contribution in [2.24, 2.45) is 0 Å². The molecule has 21 heavy (non-hydrogen) atoms. The summed E-state index contributed by atoms with van der Waals surface area (Å²) >= 11 is 0. The van der Waals surface area contributed by atoms with Crippen LogP contribution in [0, 0.1) is 11.8 Å². The zero-order chi connectivity index (χ0) is 14.9. The Hall–Kier alpha value is -2.71. The molecule has 0 spiro atoms. The third kappa shape index (κ3) is 4.71. The highest BCUT2D eigenvalue weighted by atomic mass is 16.2. The molecule has 2 N–H and O–H groups in total. The first-order valence-electron chi connectivity index (χ1n) is 6.52. The van der Waals surface area contributed by atoms with Crippen molar-refractivity contribution in [3.05, 3.63) is 59.7 Å². The molecule has 1 aromatic heterocycles. The molecule has 0 atom stereocenters. The average Bonchev–Trinajstić information content (AvgIpc) is 2.54. The van der Waals surface area contributed by atoms with Crippen LogP contribution in [0.4, 0.5) is 0 Å². The van der Waals surface area contributed by atoms with Crippen molar-refractivity contribution in [2.45, 2.75) is 13.0 Å². The van der Waals surface area contributed by atoms with Crippen LogP contribution in [0.15, 0.2) is 42.9 Å². The molecule has 0 fully saturated rings. The van der Waals surface area contributed by atoms with Crippen molar-refractivity contribution in [1.29, 1.82) is 0 Å². The van der Waals surface area contributed by atoms with E-state index in [0.29, 0.717) is 18.5 Å². The van der Waals surface area contributed by atoms with Crippen molar-refractivity contribution >= 4 is 5.91 Å². The number of aliphatic hydroxyl groups excluding tert-OH is 1. The van der Waals surface area contributed by atoms with Gasteiger partial charge < -0.3 is 10.4 Å². The first kappa shape index (κ1) is 14.7. The molecule has 5 heteroatoms. The zero-order valence-corrected chi connectivity index (χ0v) is 11.4. The third-order valence-corrected chi connectivity index (χ3v) is 2.69. The molecule has 2 aromatic rings. The van der Waals surface area contributed by atoms with Crippen LogP contribution in [-0.2, 0) is 6.54 Å². The number of rotatable bonds is 4. The van der Waals surface area contributed by atoms with Crippen molar-refractivity contribution in [3.63, 3.8) is 0 Å². The molecule has 0 aliphatic carbocycles. The monoisotopic (exact) mass is 281 g/mol. The summed E-state index contributed by atoms with van der Waals surface area (Å²) in [5.74, 6) is 5.58. The van der Waals surface area contributed by atoms with Gasteiger partial charge in [0.1, 0.15) is 6.33 Å². The second kappa shape index (κ2) is 7.78. The largest absolute Gasteiger partial charge is 0.395 e. The maximum Gasteiger partial charge on any atom is 0.251 e. The maximum atomic E-state index is 12.0. The summed E-state index contributed by atoms with van der Waals surface area (Å²) in [5, 5.41) is 11.4. The summed E-state index contributed by atoms with van der Waals surface area (Å²) in [4.78, 5) is 19.8. The number of carbonyl (C=O) groups excluding carboxylic acids is 1. The fourth-order valence-corrected chi connectivity index (χ4v) is 1.62. The standard InChI is InChI=1S/C16H15N3O2/c20-10-2-1-3-13-4-6-14(7-5-13)16(21)18-11-15-8-9-17-12-19-15/h4-9,12,20H,2,10-11H2,(H,18,21). The summed E-state index contributed by atoms with van der Waals surface area (Å²) in [5.41, 5.74) is 2.14. The molecule has 2 rings (SSSR count). The summed E-state index contributed by atoms with van der Waals surface area (Å²) in [6, 6.07) is 8.75. The number of hydrogen-bond acceptors (Lipinski definition) is 4. The molecular weight excluding hydrogens is 266 g/mol. The second-order valence-electron chi connectivity index (χ2n) is 4.24. The number of aromatic nitrogens is 2. The van der Waals surface area contributed by atoms with E-state index in [2.05, 4.69) is 27.1 Å². The molecule has 0 saturated carbocycles. The van der Waals surface area contributed by atoms with E-state index >= 15 is 0 Å². The lowest BCUT2D eigenvalue weighted by Gasteiger charge is -2.04. The van der Waals surface area contributed by atoms with Crippen LogP contribution in [-0.4, -0.2) is 27.6 Å². The van der Waals surface area contributed by atoms with E-state index in [1.54, 1.807) is 36.5 Å². The van der Waals surface area contributed by atoms with Gasteiger partial charge in [-0.2, -0.15) is 0 Å². The highest BCUT2D eigenvalue weighted by molar-refractivity contribution is 5.94. The van der Waals surface area contributed by atoms with Crippen LogP contribution >= 0.6 is 0 Å². The highest BCUT2D eigenvalue weighted by Gasteiger charge is 2.04. The number of aliphatic hydroxyl groups is 1. The fourth-order valence-electron chi connectivity index (χ4n) is 1.62. The third-order valence-electron chi connectivity index (χ3n) is 2.69. The Kier molecular flexibility index (Phi) is 5.44. The van der Waals surface area contributed by atoms with Crippen LogP contribution in [0.25, 0.3) is 0 Å². The summed E-state index contributed by atoms with van der Waals surface area (Å²) in [6.07, 6.45) is 3.52. The Morgan fingerprint density at radius 3 is 2.71 bits per heavy atom. The Morgan fingerprint density at radius 1 is 1.24 bits per heavy atom. The Bertz CT molecular complexity index is 643. The smallest absolute Gasteiger partial charge is 0.251 e. The molecule has 1 aromatic carbocycles. The van der Waals surface area contributed by atoms with Crippen LogP contribution in [0.3, 0.4) is 0 Å². The van der Waals surface area contributed by atoms with Crippen LogP contribution in [0.1, 0.15) is 28.0 Å². The molecule has 0 unspecified atom stereocenters. The van der Waals surface area contributed by atoms with E-state index in [4.69, 9.17) is 5.11 Å². The van der Waals surface area contributed by atoms with Gasteiger partial charge in [0.15, 0.2) is 0 Å². The molecule has 0 saturated heterocycles. The first-order valence-corrected chi connectivity index (χ1v) is 6.52. The zero-order valence-electron chi connectivity index (χ0n) is 11.4. The van der Waals surface area contributed by atoms with Crippen LogP contribution < -0.4 is 5.32 Å². The van der Waals surface area contributed by atoms with E-state index in [0.717, 1.165) is 11.3 Å². The van der Waals surface area contributed by atoms with Gasteiger partial charge >= 0.3 is 0 Å². The lowest BCUT2D eigenvalue weighted by atomic mass is 10.1. The lowest BCUT2D eigenvalue weighted by Crippen LogP contribution is -2.23. The maximum absolute atomic E-state index is 12.0. The van der Waals surface area contributed by atoms with Crippen molar-refractivity contribution in [1.82, 2.24) is 15.3 Å². The van der Waals surface area contributed by atoms with Gasteiger partial charge in [-0.15, -0.1) is 0 Å². The van der Waals surface area contributed by atoms with E-state index in [1.807, 2.05) is 0 Å². The highest BCUT2D eigenvalue weighted by Crippen LogP contribution is 2.04. The van der Waals surface area contributed by atoms with Crippen molar-refractivity contribution < 1.29 is 9.90 Å². The van der Waals surface area contributed by atoms with E-state index in [9.17, 15) is 4.79 Å². The summed E-state index contributed by atoms with van der Waals surface area (Å²) in [7, 11) is 0. The molecule has 5 nitrogen and oxygen atoms in total. The minimum Gasteiger partial charge on any atom is -0.395 e. The van der Waals surface area contributed by atoms with Crippen molar-refractivity contribution in [3.8, 4) is 11.8 Å². The lowest BCUT2D eigenvalue weighted by molar-refractivity contribution is 0.0950. The first-order chi connectivity index (χ1) is 10.3. The Morgan fingerprint density at radius 2 is 2.05 bits per heavy atom. The minimum atomic E-state index is -0.163. The minimum absolute atomic E-state index is 0.0521. The van der Waals surface area contributed by atoms with Gasteiger partial charge in [-0.1, -0.05) is 11.8 Å².